The number of anilines is 1. The largest absolute Gasteiger partial charge is 0.497 e. The van der Waals surface area contributed by atoms with Gasteiger partial charge < -0.3 is 10.1 Å². The number of nitrogens with zero attached hydrogens (tertiary/aromatic N) is 2. The molecule has 0 bridgehead atoms. The fourth-order valence-electron chi connectivity index (χ4n) is 3.22. The Labute approximate surface area is 201 Å². The molecule has 1 amide bonds. The SMILES string of the molecule is COc1ccc(-c2nn(C)c(C(=O)N[C@@H](C)C(C)(C)C)c2NS(=O)(=O)c2ccc(C)cc2)cc1. The fraction of sp³-hybridized carbons (Fsp3) is 0.360. The molecule has 0 spiro atoms. The maximum atomic E-state index is 13.3. The van der Waals surface area contributed by atoms with Crippen LogP contribution in [-0.4, -0.2) is 37.3 Å². The van der Waals surface area contributed by atoms with Gasteiger partial charge in [-0.3, -0.25) is 14.2 Å². The van der Waals surface area contributed by atoms with Crippen LogP contribution in [0.15, 0.2) is 53.4 Å². The number of aromatic nitrogens is 2. The number of methoxy groups -OCH3 is 1. The standard InChI is InChI=1S/C25H32N4O4S/c1-16-8-14-20(15-9-16)34(31,32)28-22-21(18-10-12-19(33-7)13-11-18)27-29(6)23(22)24(30)26-17(2)25(3,4)5/h8-15,17,28H,1-7H3,(H,26,30)/t17-/m0/s1. The summed E-state index contributed by atoms with van der Waals surface area (Å²) in [6, 6.07) is 13.4. The van der Waals surface area contributed by atoms with E-state index < -0.39 is 15.9 Å². The second kappa shape index (κ2) is 9.50. The fourth-order valence-corrected chi connectivity index (χ4v) is 4.30. The summed E-state index contributed by atoms with van der Waals surface area (Å²) in [6.07, 6.45) is 0. The third kappa shape index (κ3) is 5.41. The van der Waals surface area contributed by atoms with Crippen molar-refractivity contribution in [3.63, 3.8) is 0 Å². The Morgan fingerprint density at radius 3 is 2.18 bits per heavy atom. The van der Waals surface area contributed by atoms with Crippen molar-refractivity contribution in [3.8, 4) is 17.0 Å². The predicted octanol–water partition coefficient (Wildman–Crippen LogP) is 4.37. The molecule has 34 heavy (non-hydrogen) atoms. The Morgan fingerprint density at radius 1 is 1.06 bits per heavy atom. The number of sulfonamides is 1. The van der Waals surface area contributed by atoms with Crippen molar-refractivity contribution in [3.05, 3.63) is 59.8 Å². The van der Waals surface area contributed by atoms with Crippen molar-refractivity contribution in [2.75, 3.05) is 11.8 Å². The molecule has 2 aromatic carbocycles. The highest BCUT2D eigenvalue weighted by Crippen LogP contribution is 2.33. The highest BCUT2D eigenvalue weighted by atomic mass is 32.2. The van der Waals surface area contributed by atoms with Gasteiger partial charge in [0.1, 0.15) is 17.1 Å². The second-order valence-corrected chi connectivity index (χ2v) is 11.1. The van der Waals surface area contributed by atoms with Crippen molar-refractivity contribution in [2.45, 2.75) is 45.6 Å². The minimum Gasteiger partial charge on any atom is -0.497 e. The van der Waals surface area contributed by atoms with Gasteiger partial charge in [0.2, 0.25) is 0 Å². The lowest BCUT2D eigenvalue weighted by Crippen LogP contribution is -2.42. The van der Waals surface area contributed by atoms with Crippen LogP contribution in [0.2, 0.25) is 0 Å². The number of hydrogen-bond donors (Lipinski definition) is 2. The first-order valence-corrected chi connectivity index (χ1v) is 12.4. The molecule has 8 nitrogen and oxygen atoms in total. The van der Waals surface area contributed by atoms with Crippen LogP contribution >= 0.6 is 0 Å². The Balaban J connectivity index is 2.12. The van der Waals surface area contributed by atoms with Crippen LogP contribution in [0.5, 0.6) is 5.75 Å². The molecule has 1 atom stereocenters. The predicted molar refractivity (Wildman–Crippen MR) is 134 cm³/mol. The van der Waals surface area contributed by atoms with E-state index in [0.29, 0.717) is 17.0 Å². The van der Waals surface area contributed by atoms with E-state index in [9.17, 15) is 13.2 Å². The van der Waals surface area contributed by atoms with E-state index in [-0.39, 0.29) is 27.7 Å². The van der Waals surface area contributed by atoms with Crippen LogP contribution in [0.1, 0.15) is 43.7 Å². The molecule has 0 radical (unpaired) electrons. The van der Waals surface area contributed by atoms with E-state index in [0.717, 1.165) is 5.56 Å². The van der Waals surface area contributed by atoms with Crippen molar-refractivity contribution < 1.29 is 17.9 Å². The lowest BCUT2D eigenvalue weighted by Gasteiger charge is -2.28. The lowest BCUT2D eigenvalue weighted by atomic mass is 9.88. The monoisotopic (exact) mass is 484 g/mol. The summed E-state index contributed by atoms with van der Waals surface area (Å²) >= 11 is 0. The zero-order valence-corrected chi connectivity index (χ0v) is 21.4. The molecule has 3 aromatic rings. The quantitative estimate of drug-likeness (QED) is 0.518. The van der Waals surface area contributed by atoms with Gasteiger partial charge >= 0.3 is 0 Å². The number of carbonyl (C=O) groups excluding carboxylic acids is 1. The Kier molecular flexibility index (Phi) is 7.07. The smallest absolute Gasteiger partial charge is 0.271 e. The van der Waals surface area contributed by atoms with Crippen LogP contribution in [0.25, 0.3) is 11.3 Å². The molecule has 182 valence electrons. The van der Waals surface area contributed by atoms with Crippen molar-refractivity contribution >= 4 is 21.6 Å². The first kappa shape index (κ1) is 25.3. The second-order valence-electron chi connectivity index (χ2n) is 9.40. The molecule has 2 N–H and O–H groups in total. The first-order chi connectivity index (χ1) is 15.8. The number of nitrogens with one attached hydrogen (secondary N) is 2. The van der Waals surface area contributed by atoms with Gasteiger partial charge in [-0.2, -0.15) is 5.10 Å². The molecule has 0 saturated heterocycles. The summed E-state index contributed by atoms with van der Waals surface area (Å²) < 4.78 is 35.8. The molecular formula is C25H32N4O4S. The highest BCUT2D eigenvalue weighted by Gasteiger charge is 2.30. The number of aryl methyl sites for hydroxylation is 2. The highest BCUT2D eigenvalue weighted by molar-refractivity contribution is 7.92. The average Bonchev–Trinajstić information content (AvgIpc) is 3.08. The van der Waals surface area contributed by atoms with Gasteiger partial charge in [0.25, 0.3) is 15.9 Å². The summed E-state index contributed by atoms with van der Waals surface area (Å²) in [7, 11) is -0.797. The molecule has 0 aliphatic rings. The zero-order chi connectivity index (χ0) is 25.3. The molecule has 1 heterocycles. The molecular weight excluding hydrogens is 452 g/mol. The summed E-state index contributed by atoms with van der Waals surface area (Å²) in [5.74, 6) is 0.234. The van der Waals surface area contributed by atoms with E-state index >= 15 is 0 Å². The third-order valence-corrected chi connectivity index (χ3v) is 7.21. The summed E-state index contributed by atoms with van der Waals surface area (Å²) in [5, 5.41) is 7.49. The third-order valence-electron chi connectivity index (χ3n) is 5.84. The molecule has 0 aliphatic heterocycles. The van der Waals surface area contributed by atoms with Crippen LogP contribution in [0.3, 0.4) is 0 Å². The number of hydrogen-bond acceptors (Lipinski definition) is 5. The topological polar surface area (TPSA) is 102 Å². The van der Waals surface area contributed by atoms with E-state index in [1.165, 1.54) is 16.8 Å². The summed E-state index contributed by atoms with van der Waals surface area (Å²) in [6.45, 7) is 9.85. The maximum absolute atomic E-state index is 13.3. The summed E-state index contributed by atoms with van der Waals surface area (Å²) in [5.41, 5.74) is 1.98. The Bertz CT molecular complexity index is 1270. The number of carbonyl (C=O) groups is 1. The van der Waals surface area contributed by atoms with Gasteiger partial charge in [0.05, 0.1) is 12.0 Å². The normalized spacial score (nSPS) is 12.8. The van der Waals surface area contributed by atoms with Crippen molar-refractivity contribution in [1.82, 2.24) is 15.1 Å². The van der Waals surface area contributed by atoms with Crippen LogP contribution < -0.4 is 14.8 Å². The van der Waals surface area contributed by atoms with E-state index in [4.69, 9.17) is 4.74 Å². The molecule has 0 aliphatic carbocycles. The molecule has 0 unspecified atom stereocenters. The van der Waals surface area contributed by atoms with Crippen molar-refractivity contribution in [2.24, 2.45) is 12.5 Å². The average molecular weight is 485 g/mol. The Morgan fingerprint density at radius 2 is 1.65 bits per heavy atom. The molecule has 0 fully saturated rings. The van der Waals surface area contributed by atoms with Crippen LogP contribution in [0, 0.1) is 12.3 Å². The van der Waals surface area contributed by atoms with Gasteiger partial charge in [-0.15, -0.1) is 0 Å². The van der Waals surface area contributed by atoms with Gasteiger partial charge in [-0.1, -0.05) is 38.5 Å². The number of rotatable bonds is 7. The van der Waals surface area contributed by atoms with Crippen molar-refractivity contribution in [1.29, 1.82) is 0 Å². The van der Waals surface area contributed by atoms with E-state index in [1.54, 1.807) is 50.6 Å². The summed E-state index contributed by atoms with van der Waals surface area (Å²) in [4.78, 5) is 13.4. The zero-order valence-electron chi connectivity index (χ0n) is 20.6. The van der Waals surface area contributed by atoms with E-state index in [2.05, 4.69) is 15.1 Å². The number of amides is 1. The lowest BCUT2D eigenvalue weighted by molar-refractivity contribution is 0.0901. The Hall–Kier alpha value is -3.33. The first-order valence-electron chi connectivity index (χ1n) is 10.9. The van der Waals surface area contributed by atoms with Crippen LogP contribution in [-0.2, 0) is 17.1 Å². The van der Waals surface area contributed by atoms with Gasteiger partial charge in [0.15, 0.2) is 5.69 Å². The molecule has 9 heteroatoms. The maximum Gasteiger partial charge on any atom is 0.271 e. The van der Waals surface area contributed by atoms with Crippen LogP contribution in [0.4, 0.5) is 5.69 Å². The number of benzene rings is 2. The van der Waals surface area contributed by atoms with Gasteiger partial charge in [-0.25, -0.2) is 8.42 Å². The minimum absolute atomic E-state index is 0.0945. The van der Waals surface area contributed by atoms with E-state index in [1.807, 2.05) is 34.6 Å². The molecule has 0 saturated carbocycles. The van der Waals surface area contributed by atoms with Gasteiger partial charge in [0, 0.05) is 18.7 Å². The van der Waals surface area contributed by atoms with Gasteiger partial charge in [-0.05, 0) is 55.7 Å². The minimum atomic E-state index is -3.98. The number of ether oxygens (including phenoxy) is 1. The molecule has 3 rings (SSSR count). The molecule has 1 aromatic heterocycles.